The summed E-state index contributed by atoms with van der Waals surface area (Å²) in [6.45, 7) is 0.433. The minimum absolute atomic E-state index is 0.348. The second-order valence-electron chi connectivity index (χ2n) is 2.80. The molecule has 68 valence electrons. The van der Waals surface area contributed by atoms with Crippen LogP contribution in [-0.4, -0.2) is 13.6 Å². The number of nitrogens with two attached hydrogens (primary N) is 1. The van der Waals surface area contributed by atoms with Crippen LogP contribution in [0, 0.1) is 18.2 Å². The van der Waals surface area contributed by atoms with E-state index in [2.05, 4.69) is 5.92 Å². The molecule has 0 spiro atoms. The molecule has 1 rings (SSSR count). The molecule has 1 aromatic carbocycles. The van der Waals surface area contributed by atoms with Crippen molar-refractivity contribution in [3.8, 4) is 12.3 Å². The predicted molar refractivity (Wildman–Crippen MR) is 52.9 cm³/mol. The first-order valence-electron chi connectivity index (χ1n) is 3.84. The van der Waals surface area contributed by atoms with Crippen molar-refractivity contribution in [2.24, 2.45) is 0 Å². The van der Waals surface area contributed by atoms with Gasteiger partial charge in [0, 0.05) is 18.4 Å². The van der Waals surface area contributed by atoms with Crippen LogP contribution in [0.15, 0.2) is 18.2 Å². The van der Waals surface area contributed by atoms with Crippen LogP contribution in [0.2, 0.25) is 0 Å². The Morgan fingerprint density at radius 3 is 2.77 bits per heavy atom. The summed E-state index contributed by atoms with van der Waals surface area (Å²) in [6, 6.07) is 4.35. The standard InChI is InChI=1S/C10H11FN2/c1-3-4-13(2)10-6-8(11)5-9(12)7-10/h1,5-7H,4,12H2,2H3. The van der Waals surface area contributed by atoms with E-state index in [0.29, 0.717) is 17.9 Å². The molecule has 0 radical (unpaired) electrons. The van der Waals surface area contributed by atoms with Crippen molar-refractivity contribution >= 4 is 11.4 Å². The summed E-state index contributed by atoms with van der Waals surface area (Å²) in [5.74, 6) is 2.12. The Kier molecular flexibility index (Phi) is 2.76. The van der Waals surface area contributed by atoms with Gasteiger partial charge in [0.25, 0.3) is 0 Å². The van der Waals surface area contributed by atoms with Gasteiger partial charge in [0.15, 0.2) is 0 Å². The number of rotatable bonds is 2. The van der Waals surface area contributed by atoms with Crippen LogP contribution in [-0.2, 0) is 0 Å². The Labute approximate surface area is 77.2 Å². The van der Waals surface area contributed by atoms with Gasteiger partial charge in [0.05, 0.1) is 6.54 Å². The van der Waals surface area contributed by atoms with Crippen LogP contribution in [0.4, 0.5) is 15.8 Å². The van der Waals surface area contributed by atoms with Crippen LogP contribution < -0.4 is 10.6 Å². The molecule has 0 aliphatic carbocycles. The predicted octanol–water partition coefficient (Wildman–Crippen LogP) is 1.48. The van der Waals surface area contributed by atoms with Crippen molar-refractivity contribution in [1.82, 2.24) is 0 Å². The van der Waals surface area contributed by atoms with Crippen LogP contribution in [0.25, 0.3) is 0 Å². The zero-order chi connectivity index (χ0) is 9.84. The molecule has 0 aliphatic rings. The summed E-state index contributed by atoms with van der Waals surface area (Å²) < 4.78 is 12.9. The number of halogens is 1. The summed E-state index contributed by atoms with van der Waals surface area (Å²) >= 11 is 0. The number of benzene rings is 1. The number of anilines is 2. The number of nitrogen functional groups attached to an aromatic ring is 1. The molecule has 0 fully saturated rings. The third-order valence-electron chi connectivity index (χ3n) is 1.67. The highest BCUT2D eigenvalue weighted by molar-refractivity contribution is 5.56. The van der Waals surface area contributed by atoms with Crippen molar-refractivity contribution in [3.05, 3.63) is 24.0 Å². The van der Waals surface area contributed by atoms with E-state index in [1.165, 1.54) is 12.1 Å². The molecule has 0 bridgehead atoms. The highest BCUT2D eigenvalue weighted by Gasteiger charge is 2.01. The summed E-state index contributed by atoms with van der Waals surface area (Å²) in [7, 11) is 1.79. The molecule has 0 aliphatic heterocycles. The molecule has 0 heterocycles. The molecule has 1 aromatic rings. The third-order valence-corrected chi connectivity index (χ3v) is 1.67. The molecule has 0 aromatic heterocycles. The Hall–Kier alpha value is -1.69. The second-order valence-corrected chi connectivity index (χ2v) is 2.80. The van der Waals surface area contributed by atoms with Gasteiger partial charge < -0.3 is 10.6 Å². The topological polar surface area (TPSA) is 29.3 Å². The van der Waals surface area contributed by atoms with Gasteiger partial charge in [-0.1, -0.05) is 5.92 Å². The zero-order valence-corrected chi connectivity index (χ0v) is 7.42. The highest BCUT2D eigenvalue weighted by Crippen LogP contribution is 2.18. The quantitative estimate of drug-likeness (QED) is 0.549. The lowest BCUT2D eigenvalue weighted by atomic mass is 10.2. The molecule has 0 saturated carbocycles. The fourth-order valence-electron chi connectivity index (χ4n) is 1.04. The first-order chi connectivity index (χ1) is 6.13. The fourth-order valence-corrected chi connectivity index (χ4v) is 1.04. The van der Waals surface area contributed by atoms with Gasteiger partial charge in [-0.05, 0) is 18.2 Å². The van der Waals surface area contributed by atoms with Crippen molar-refractivity contribution in [3.63, 3.8) is 0 Å². The SMILES string of the molecule is C#CCN(C)c1cc(N)cc(F)c1. The molecule has 0 atom stereocenters. The molecule has 13 heavy (non-hydrogen) atoms. The van der Waals surface area contributed by atoms with Crippen LogP contribution in [0.5, 0.6) is 0 Å². The zero-order valence-electron chi connectivity index (χ0n) is 7.42. The summed E-state index contributed by atoms with van der Waals surface area (Å²) in [5, 5.41) is 0. The van der Waals surface area contributed by atoms with Gasteiger partial charge in [0.1, 0.15) is 5.82 Å². The van der Waals surface area contributed by atoms with Gasteiger partial charge in [-0.3, -0.25) is 0 Å². The molecule has 3 heteroatoms. The van der Waals surface area contributed by atoms with Gasteiger partial charge in [-0.25, -0.2) is 4.39 Å². The first kappa shape index (κ1) is 9.40. The van der Waals surface area contributed by atoms with E-state index in [1.807, 2.05) is 0 Å². The minimum Gasteiger partial charge on any atom is -0.399 e. The minimum atomic E-state index is -0.348. The van der Waals surface area contributed by atoms with Crippen LogP contribution >= 0.6 is 0 Å². The Morgan fingerprint density at radius 1 is 1.54 bits per heavy atom. The maximum atomic E-state index is 12.9. The lowest BCUT2D eigenvalue weighted by molar-refractivity contribution is 0.628. The number of hydrogen-bond donors (Lipinski definition) is 1. The second kappa shape index (κ2) is 3.81. The van der Waals surface area contributed by atoms with Crippen molar-refractivity contribution in [1.29, 1.82) is 0 Å². The fraction of sp³-hybridized carbons (Fsp3) is 0.200. The van der Waals surface area contributed by atoms with E-state index in [-0.39, 0.29) is 5.82 Å². The van der Waals surface area contributed by atoms with E-state index in [9.17, 15) is 4.39 Å². The maximum Gasteiger partial charge on any atom is 0.127 e. The third kappa shape index (κ3) is 2.38. The van der Waals surface area contributed by atoms with E-state index < -0.39 is 0 Å². The molecular formula is C10H11FN2. The average Bonchev–Trinajstić information content (AvgIpc) is 2.03. The molecule has 0 unspecified atom stereocenters. The van der Waals surface area contributed by atoms with E-state index in [4.69, 9.17) is 12.2 Å². The molecule has 2 N–H and O–H groups in total. The van der Waals surface area contributed by atoms with Crippen LogP contribution in [0.3, 0.4) is 0 Å². The lowest BCUT2D eigenvalue weighted by Gasteiger charge is -2.16. The first-order valence-corrected chi connectivity index (χ1v) is 3.84. The Bertz CT molecular complexity index is 321. The normalized spacial score (nSPS) is 9.31. The highest BCUT2D eigenvalue weighted by atomic mass is 19.1. The summed E-state index contributed by atoms with van der Waals surface area (Å²) in [4.78, 5) is 1.75. The molecule has 0 amide bonds. The molecule has 0 saturated heterocycles. The monoisotopic (exact) mass is 178 g/mol. The van der Waals surface area contributed by atoms with Crippen molar-refractivity contribution in [2.45, 2.75) is 0 Å². The van der Waals surface area contributed by atoms with E-state index in [0.717, 1.165) is 0 Å². The van der Waals surface area contributed by atoms with Crippen molar-refractivity contribution in [2.75, 3.05) is 24.2 Å². The largest absolute Gasteiger partial charge is 0.399 e. The maximum absolute atomic E-state index is 12.9. The van der Waals surface area contributed by atoms with E-state index in [1.54, 1.807) is 18.0 Å². The molecule has 2 nitrogen and oxygen atoms in total. The Balaban J connectivity index is 2.95. The van der Waals surface area contributed by atoms with E-state index >= 15 is 0 Å². The number of hydrogen-bond acceptors (Lipinski definition) is 2. The van der Waals surface area contributed by atoms with Crippen LogP contribution in [0.1, 0.15) is 0 Å². The smallest absolute Gasteiger partial charge is 0.127 e. The van der Waals surface area contributed by atoms with Gasteiger partial charge in [-0.15, -0.1) is 6.42 Å². The van der Waals surface area contributed by atoms with Gasteiger partial charge in [0.2, 0.25) is 0 Å². The van der Waals surface area contributed by atoms with Gasteiger partial charge >= 0.3 is 0 Å². The van der Waals surface area contributed by atoms with Crippen molar-refractivity contribution < 1.29 is 4.39 Å². The lowest BCUT2D eigenvalue weighted by Crippen LogP contribution is -2.17. The van der Waals surface area contributed by atoms with Gasteiger partial charge in [-0.2, -0.15) is 0 Å². The Morgan fingerprint density at radius 2 is 2.23 bits per heavy atom. The summed E-state index contributed by atoms with van der Waals surface area (Å²) in [5.41, 5.74) is 6.57. The molecular weight excluding hydrogens is 167 g/mol. The summed E-state index contributed by atoms with van der Waals surface area (Å²) in [6.07, 6.45) is 5.13. The average molecular weight is 178 g/mol. The number of nitrogens with zero attached hydrogens (tertiary/aromatic N) is 1. The number of terminal acetylenes is 1.